The van der Waals surface area contributed by atoms with Crippen molar-refractivity contribution in [1.29, 1.82) is 0 Å². The average Bonchev–Trinajstić information content (AvgIpc) is 3.29. The monoisotopic (exact) mass is 389 g/mol. The molecule has 0 spiro atoms. The van der Waals surface area contributed by atoms with E-state index in [0.29, 0.717) is 12.1 Å². The highest BCUT2D eigenvalue weighted by atomic mass is 16.2. The van der Waals surface area contributed by atoms with Gasteiger partial charge in [0.15, 0.2) is 0 Å². The average molecular weight is 389 g/mol. The van der Waals surface area contributed by atoms with E-state index < -0.39 is 6.04 Å². The van der Waals surface area contributed by atoms with E-state index in [4.69, 9.17) is 0 Å². The van der Waals surface area contributed by atoms with E-state index in [0.717, 1.165) is 30.6 Å². The van der Waals surface area contributed by atoms with E-state index in [1.54, 1.807) is 6.92 Å². The molecule has 0 bridgehead atoms. The van der Waals surface area contributed by atoms with Gasteiger partial charge in [0.1, 0.15) is 18.7 Å². The Morgan fingerprint density at radius 1 is 1.14 bits per heavy atom. The molecule has 0 saturated carbocycles. The summed E-state index contributed by atoms with van der Waals surface area (Å²) in [5.41, 5.74) is 3.85. The maximum atomic E-state index is 12.9. The van der Waals surface area contributed by atoms with E-state index in [2.05, 4.69) is 21.5 Å². The van der Waals surface area contributed by atoms with Gasteiger partial charge in [0.2, 0.25) is 11.8 Å². The zero-order valence-corrected chi connectivity index (χ0v) is 16.3. The minimum atomic E-state index is -0.460. The summed E-state index contributed by atoms with van der Waals surface area (Å²) in [5, 5.41) is 6.85. The second kappa shape index (κ2) is 8.26. The molecule has 4 rings (SSSR count). The highest BCUT2D eigenvalue weighted by Crippen LogP contribution is 2.27. The summed E-state index contributed by atoms with van der Waals surface area (Å²) in [6.45, 7) is 2.51. The molecule has 1 aliphatic heterocycles. The van der Waals surface area contributed by atoms with Crippen molar-refractivity contribution in [3.05, 3.63) is 72.3 Å². The van der Waals surface area contributed by atoms with Crippen LogP contribution in [-0.2, 0) is 22.4 Å². The SMILES string of the molecule is CC(C(=O)Nc1ccc(CC(=O)N2CCCc3ccccc32)cc1)n1cncn1. The van der Waals surface area contributed by atoms with Crippen LogP contribution < -0.4 is 10.2 Å². The van der Waals surface area contributed by atoms with Crippen LogP contribution in [-0.4, -0.2) is 33.1 Å². The number of hydrogen-bond donors (Lipinski definition) is 1. The standard InChI is InChI=1S/C22H23N5O2/c1-16(27-15-23-14-24-27)22(29)25-19-10-8-17(9-11-19)13-21(28)26-12-4-6-18-5-2-3-7-20(18)26/h2-3,5,7-11,14-16H,4,6,12-13H2,1H3,(H,25,29). The third kappa shape index (κ3) is 4.18. The number of fused-ring (bicyclic) bond motifs is 1. The third-order valence-corrected chi connectivity index (χ3v) is 5.20. The Balaban J connectivity index is 1.39. The first-order valence-electron chi connectivity index (χ1n) is 9.74. The van der Waals surface area contributed by atoms with Crippen molar-refractivity contribution in [2.45, 2.75) is 32.2 Å². The summed E-state index contributed by atoms with van der Waals surface area (Å²) in [4.78, 5) is 30.9. The predicted octanol–water partition coefficient (Wildman–Crippen LogP) is 3.00. The Morgan fingerprint density at radius 3 is 2.69 bits per heavy atom. The first kappa shape index (κ1) is 18.9. The minimum Gasteiger partial charge on any atom is -0.324 e. The second-order valence-corrected chi connectivity index (χ2v) is 7.19. The number of anilines is 2. The number of nitrogens with zero attached hydrogens (tertiary/aromatic N) is 4. The van der Waals surface area contributed by atoms with E-state index in [-0.39, 0.29) is 11.8 Å². The second-order valence-electron chi connectivity index (χ2n) is 7.19. The van der Waals surface area contributed by atoms with Crippen molar-refractivity contribution < 1.29 is 9.59 Å². The minimum absolute atomic E-state index is 0.0914. The number of hydrogen-bond acceptors (Lipinski definition) is 4. The molecule has 1 aliphatic rings. The number of benzene rings is 2. The molecule has 29 heavy (non-hydrogen) atoms. The number of carbonyl (C=O) groups is 2. The lowest BCUT2D eigenvalue weighted by Crippen LogP contribution is -2.36. The summed E-state index contributed by atoms with van der Waals surface area (Å²) >= 11 is 0. The van der Waals surface area contributed by atoms with Gasteiger partial charge in [-0.05, 0) is 49.1 Å². The Hall–Kier alpha value is -3.48. The maximum Gasteiger partial charge on any atom is 0.249 e. The van der Waals surface area contributed by atoms with Gasteiger partial charge in [-0.25, -0.2) is 9.67 Å². The van der Waals surface area contributed by atoms with E-state index in [1.807, 2.05) is 47.4 Å². The van der Waals surface area contributed by atoms with Crippen molar-refractivity contribution in [1.82, 2.24) is 14.8 Å². The molecule has 148 valence electrons. The fourth-order valence-electron chi connectivity index (χ4n) is 3.55. The number of amides is 2. The molecule has 7 nitrogen and oxygen atoms in total. The zero-order chi connectivity index (χ0) is 20.2. The number of carbonyl (C=O) groups excluding carboxylic acids is 2. The topological polar surface area (TPSA) is 80.1 Å². The summed E-state index contributed by atoms with van der Waals surface area (Å²) in [6, 6.07) is 15.0. The first-order valence-corrected chi connectivity index (χ1v) is 9.74. The normalized spacial score (nSPS) is 14.2. The molecule has 0 saturated heterocycles. The van der Waals surface area contributed by atoms with Crippen LogP contribution in [0.2, 0.25) is 0 Å². The molecule has 1 unspecified atom stereocenters. The Kier molecular flexibility index (Phi) is 5.37. The molecule has 1 aromatic heterocycles. The van der Waals surface area contributed by atoms with Crippen molar-refractivity contribution >= 4 is 23.2 Å². The molecule has 0 aliphatic carbocycles. The van der Waals surface area contributed by atoms with Gasteiger partial charge in [0.25, 0.3) is 0 Å². The van der Waals surface area contributed by atoms with Crippen LogP contribution in [0.3, 0.4) is 0 Å². The number of aryl methyl sites for hydroxylation is 1. The van der Waals surface area contributed by atoms with Crippen LogP contribution in [0.5, 0.6) is 0 Å². The largest absolute Gasteiger partial charge is 0.324 e. The van der Waals surface area contributed by atoms with E-state index >= 15 is 0 Å². The summed E-state index contributed by atoms with van der Waals surface area (Å²) in [7, 11) is 0. The Labute approximate surface area is 169 Å². The number of para-hydroxylation sites is 1. The Morgan fingerprint density at radius 2 is 1.93 bits per heavy atom. The number of aromatic nitrogens is 3. The van der Waals surface area contributed by atoms with Gasteiger partial charge >= 0.3 is 0 Å². The molecule has 2 aromatic carbocycles. The lowest BCUT2D eigenvalue weighted by atomic mass is 10.0. The molecule has 0 radical (unpaired) electrons. The molecular weight excluding hydrogens is 366 g/mol. The van der Waals surface area contributed by atoms with Crippen LogP contribution in [0.4, 0.5) is 11.4 Å². The zero-order valence-electron chi connectivity index (χ0n) is 16.3. The summed E-state index contributed by atoms with van der Waals surface area (Å²) in [5.74, 6) is -0.0852. The van der Waals surface area contributed by atoms with Gasteiger partial charge in [-0.15, -0.1) is 0 Å². The molecule has 3 aromatic rings. The first-order chi connectivity index (χ1) is 14.1. The van der Waals surface area contributed by atoms with Crippen molar-refractivity contribution in [2.75, 3.05) is 16.8 Å². The molecule has 1 atom stereocenters. The molecule has 2 heterocycles. The summed E-state index contributed by atoms with van der Waals surface area (Å²) < 4.78 is 1.50. The van der Waals surface area contributed by atoms with Gasteiger partial charge < -0.3 is 10.2 Å². The number of nitrogens with one attached hydrogen (secondary N) is 1. The van der Waals surface area contributed by atoms with E-state index in [9.17, 15) is 9.59 Å². The van der Waals surface area contributed by atoms with Crippen molar-refractivity contribution in [3.8, 4) is 0 Å². The smallest absolute Gasteiger partial charge is 0.249 e. The quantitative estimate of drug-likeness (QED) is 0.727. The van der Waals surface area contributed by atoms with Crippen molar-refractivity contribution in [2.24, 2.45) is 0 Å². The molecule has 1 N–H and O–H groups in total. The van der Waals surface area contributed by atoms with Gasteiger partial charge in [-0.2, -0.15) is 5.10 Å². The summed E-state index contributed by atoms with van der Waals surface area (Å²) in [6.07, 6.45) is 5.24. The van der Waals surface area contributed by atoms with Crippen LogP contribution in [0, 0.1) is 0 Å². The lowest BCUT2D eigenvalue weighted by molar-refractivity contribution is -0.119. The van der Waals surface area contributed by atoms with Gasteiger partial charge in [0, 0.05) is 17.9 Å². The molecular formula is C22H23N5O2. The predicted molar refractivity (Wildman–Crippen MR) is 111 cm³/mol. The van der Waals surface area contributed by atoms with Crippen LogP contribution in [0.1, 0.15) is 30.5 Å². The lowest BCUT2D eigenvalue weighted by Gasteiger charge is -2.29. The van der Waals surface area contributed by atoms with Gasteiger partial charge in [-0.3, -0.25) is 9.59 Å². The molecule has 7 heteroatoms. The molecule has 0 fully saturated rings. The highest BCUT2D eigenvalue weighted by Gasteiger charge is 2.22. The molecule has 2 amide bonds. The Bertz CT molecular complexity index is 998. The number of rotatable bonds is 5. The fraction of sp³-hybridized carbons (Fsp3) is 0.273. The highest BCUT2D eigenvalue weighted by molar-refractivity contribution is 5.96. The van der Waals surface area contributed by atoms with Crippen LogP contribution in [0.25, 0.3) is 0 Å². The maximum absolute atomic E-state index is 12.9. The van der Waals surface area contributed by atoms with Gasteiger partial charge in [-0.1, -0.05) is 30.3 Å². The van der Waals surface area contributed by atoms with Gasteiger partial charge in [0.05, 0.1) is 6.42 Å². The van der Waals surface area contributed by atoms with Crippen LogP contribution >= 0.6 is 0 Å². The van der Waals surface area contributed by atoms with E-state index in [1.165, 1.54) is 22.9 Å². The van der Waals surface area contributed by atoms with Crippen LogP contribution in [0.15, 0.2) is 61.2 Å². The van der Waals surface area contributed by atoms with Crippen molar-refractivity contribution in [3.63, 3.8) is 0 Å². The third-order valence-electron chi connectivity index (χ3n) is 5.20. The fourth-order valence-corrected chi connectivity index (χ4v) is 3.55.